The predicted molar refractivity (Wildman–Crippen MR) is 130 cm³/mol. The molecular weight excluding hydrogens is 360 g/mol. The summed E-state index contributed by atoms with van der Waals surface area (Å²) in [5.41, 5.74) is 8.85. The lowest BCUT2D eigenvalue weighted by molar-refractivity contribution is 0.671. The second kappa shape index (κ2) is 8.55. The fourth-order valence-corrected chi connectivity index (χ4v) is 3.99. The molecule has 0 aliphatic rings. The molecule has 0 heteroatoms. The first kappa shape index (κ1) is 19.9. The molecule has 0 radical (unpaired) electrons. The maximum atomic E-state index is 2.37. The molecule has 0 aromatic heterocycles. The van der Waals surface area contributed by atoms with Crippen LogP contribution in [0.1, 0.15) is 31.9 Å². The molecule has 148 valence electrons. The van der Waals surface area contributed by atoms with Gasteiger partial charge < -0.3 is 0 Å². The van der Waals surface area contributed by atoms with E-state index >= 15 is 0 Å². The molecule has 4 aromatic carbocycles. The lowest BCUT2D eigenvalue weighted by Crippen LogP contribution is -2.14. The zero-order chi connectivity index (χ0) is 21.0. The van der Waals surface area contributed by atoms with Gasteiger partial charge in [0.05, 0.1) is 0 Å². The molecule has 0 spiro atoms. The van der Waals surface area contributed by atoms with Gasteiger partial charge in [0.25, 0.3) is 0 Å². The molecule has 0 atom stereocenters. The van der Waals surface area contributed by atoms with Crippen molar-refractivity contribution in [2.75, 3.05) is 0 Å². The second-order valence-electron chi connectivity index (χ2n) is 8.44. The van der Waals surface area contributed by atoms with Gasteiger partial charge in [-0.15, -0.1) is 0 Å². The number of hydrogen-bond donors (Lipinski definition) is 0. The first-order chi connectivity index (χ1) is 14.5. The zero-order valence-electron chi connectivity index (χ0n) is 18.0. The molecule has 0 N–H and O–H groups in total. The van der Waals surface area contributed by atoms with Crippen LogP contribution in [0.2, 0.25) is 0 Å². The lowest BCUT2D eigenvalue weighted by atomic mass is 9.81. The Morgan fingerprint density at radius 1 is 0.567 bits per heavy atom. The van der Waals surface area contributed by atoms with Gasteiger partial charge in [-0.05, 0) is 45.9 Å². The minimum absolute atomic E-state index is 0.0556. The summed E-state index contributed by atoms with van der Waals surface area (Å²) in [4.78, 5) is 0. The standard InChI is InChI=1S/C30H28/c1-23(24-11-6-4-7-12-24)22-30(2,3)29-16-10-15-28(21-29)27-19-17-26(18-20-27)25-13-8-5-9-14-25/h4-22H,1-3H3/b23-22+. The van der Waals surface area contributed by atoms with E-state index in [9.17, 15) is 0 Å². The Bertz CT molecular complexity index is 1130. The summed E-state index contributed by atoms with van der Waals surface area (Å²) in [5, 5.41) is 0. The molecule has 0 nitrogen and oxygen atoms in total. The third-order valence-corrected chi connectivity index (χ3v) is 5.74. The highest BCUT2D eigenvalue weighted by atomic mass is 14.2. The number of allylic oxidation sites excluding steroid dienone is 2. The Balaban J connectivity index is 1.62. The number of hydrogen-bond acceptors (Lipinski definition) is 0. The molecule has 0 aliphatic carbocycles. The van der Waals surface area contributed by atoms with Crippen LogP contribution in [-0.4, -0.2) is 0 Å². The molecule has 0 aliphatic heterocycles. The van der Waals surface area contributed by atoms with Crippen molar-refractivity contribution in [3.8, 4) is 22.3 Å². The van der Waals surface area contributed by atoms with Crippen molar-refractivity contribution in [3.63, 3.8) is 0 Å². The minimum atomic E-state index is -0.0556. The summed E-state index contributed by atoms with van der Waals surface area (Å²) in [6, 6.07) is 38.9. The van der Waals surface area contributed by atoms with Crippen molar-refractivity contribution in [2.24, 2.45) is 0 Å². The third-order valence-electron chi connectivity index (χ3n) is 5.74. The van der Waals surface area contributed by atoms with Crippen molar-refractivity contribution in [1.29, 1.82) is 0 Å². The fourth-order valence-electron chi connectivity index (χ4n) is 3.99. The maximum absolute atomic E-state index is 2.37. The van der Waals surface area contributed by atoms with Crippen LogP contribution in [0.25, 0.3) is 27.8 Å². The fraction of sp³-hybridized carbons (Fsp3) is 0.133. The molecule has 30 heavy (non-hydrogen) atoms. The van der Waals surface area contributed by atoms with Crippen LogP contribution in [0.15, 0.2) is 115 Å². The highest BCUT2D eigenvalue weighted by Gasteiger charge is 2.19. The second-order valence-corrected chi connectivity index (χ2v) is 8.44. The zero-order valence-corrected chi connectivity index (χ0v) is 18.0. The summed E-state index contributed by atoms with van der Waals surface area (Å²) in [6.45, 7) is 6.78. The molecule has 0 heterocycles. The molecule has 4 rings (SSSR count). The van der Waals surface area contributed by atoms with Crippen molar-refractivity contribution < 1.29 is 0 Å². The average Bonchev–Trinajstić information content (AvgIpc) is 2.80. The van der Waals surface area contributed by atoms with E-state index in [1.54, 1.807) is 0 Å². The Morgan fingerprint density at radius 3 is 1.70 bits per heavy atom. The normalized spacial score (nSPS) is 12.0. The Morgan fingerprint density at radius 2 is 1.07 bits per heavy atom. The Kier molecular flexibility index (Phi) is 5.68. The van der Waals surface area contributed by atoms with E-state index in [0.29, 0.717) is 0 Å². The topological polar surface area (TPSA) is 0 Å². The van der Waals surface area contributed by atoms with E-state index in [1.807, 2.05) is 0 Å². The van der Waals surface area contributed by atoms with E-state index in [0.717, 1.165) is 0 Å². The van der Waals surface area contributed by atoms with Crippen molar-refractivity contribution in [1.82, 2.24) is 0 Å². The van der Waals surface area contributed by atoms with E-state index in [4.69, 9.17) is 0 Å². The molecule has 0 unspecified atom stereocenters. The highest BCUT2D eigenvalue weighted by molar-refractivity contribution is 5.71. The molecule has 0 saturated heterocycles. The first-order valence-electron chi connectivity index (χ1n) is 10.5. The van der Waals surface area contributed by atoms with Crippen molar-refractivity contribution in [3.05, 3.63) is 126 Å². The quantitative estimate of drug-likeness (QED) is 0.322. The van der Waals surface area contributed by atoms with Crippen LogP contribution in [0.4, 0.5) is 0 Å². The summed E-state index contributed by atoms with van der Waals surface area (Å²) in [6.07, 6.45) is 2.37. The van der Waals surface area contributed by atoms with Crippen LogP contribution >= 0.6 is 0 Å². The van der Waals surface area contributed by atoms with Crippen LogP contribution < -0.4 is 0 Å². The van der Waals surface area contributed by atoms with Gasteiger partial charge in [-0.1, -0.05) is 129 Å². The molecule has 0 bridgehead atoms. The number of benzene rings is 4. The van der Waals surface area contributed by atoms with Crippen molar-refractivity contribution in [2.45, 2.75) is 26.2 Å². The summed E-state index contributed by atoms with van der Waals surface area (Å²) < 4.78 is 0. The molecule has 0 fully saturated rings. The highest BCUT2D eigenvalue weighted by Crippen LogP contribution is 2.32. The maximum Gasteiger partial charge on any atom is 0.00814 e. The summed E-state index contributed by atoms with van der Waals surface area (Å²) >= 11 is 0. The SMILES string of the molecule is C/C(=C\C(C)(C)c1cccc(-c2ccc(-c3ccccc3)cc2)c1)c1ccccc1. The van der Waals surface area contributed by atoms with Crippen LogP contribution in [0.3, 0.4) is 0 Å². The monoisotopic (exact) mass is 388 g/mol. The molecular formula is C30H28. The third kappa shape index (κ3) is 4.44. The summed E-state index contributed by atoms with van der Waals surface area (Å²) in [7, 11) is 0. The largest absolute Gasteiger partial charge is 0.0710 e. The Hall–Kier alpha value is -3.38. The average molecular weight is 389 g/mol. The van der Waals surface area contributed by atoms with E-state index in [2.05, 4.69) is 136 Å². The predicted octanol–water partition coefficient (Wildman–Crippen LogP) is 8.40. The first-order valence-corrected chi connectivity index (χ1v) is 10.5. The summed E-state index contributed by atoms with van der Waals surface area (Å²) in [5.74, 6) is 0. The Labute approximate surface area is 180 Å². The smallest absolute Gasteiger partial charge is 0.00814 e. The van der Waals surface area contributed by atoms with Gasteiger partial charge in [0.15, 0.2) is 0 Å². The molecule has 0 saturated carbocycles. The van der Waals surface area contributed by atoms with Crippen molar-refractivity contribution >= 4 is 5.57 Å². The van der Waals surface area contributed by atoms with Gasteiger partial charge in [-0.25, -0.2) is 0 Å². The molecule has 0 amide bonds. The van der Waals surface area contributed by atoms with Crippen LogP contribution in [-0.2, 0) is 5.41 Å². The minimum Gasteiger partial charge on any atom is -0.0710 e. The van der Waals surface area contributed by atoms with Gasteiger partial charge in [-0.2, -0.15) is 0 Å². The van der Waals surface area contributed by atoms with E-state index < -0.39 is 0 Å². The lowest BCUT2D eigenvalue weighted by Gasteiger charge is -2.23. The van der Waals surface area contributed by atoms with Crippen LogP contribution in [0, 0.1) is 0 Å². The van der Waals surface area contributed by atoms with Gasteiger partial charge >= 0.3 is 0 Å². The van der Waals surface area contributed by atoms with Gasteiger partial charge in [0, 0.05) is 5.41 Å². The van der Waals surface area contributed by atoms with E-state index in [1.165, 1.54) is 39.0 Å². The van der Waals surface area contributed by atoms with Gasteiger partial charge in [0.1, 0.15) is 0 Å². The van der Waals surface area contributed by atoms with Crippen LogP contribution in [0.5, 0.6) is 0 Å². The molecule has 4 aromatic rings. The van der Waals surface area contributed by atoms with Gasteiger partial charge in [0.2, 0.25) is 0 Å². The van der Waals surface area contributed by atoms with E-state index in [-0.39, 0.29) is 5.41 Å². The van der Waals surface area contributed by atoms with Gasteiger partial charge in [-0.3, -0.25) is 0 Å². The number of rotatable bonds is 5.